The van der Waals surface area contributed by atoms with Crippen molar-refractivity contribution < 1.29 is 35.1 Å². The SMILES string of the molecule is COc1cc(O)c2c(c1O)[C@H](O)[C@@H]1C[C@](C)(O)[C@H](O)C[C@@H]1C2=O. The highest BCUT2D eigenvalue weighted by atomic mass is 16.5. The zero-order valence-corrected chi connectivity index (χ0v) is 12.9. The Hall–Kier alpha value is -1.83. The summed E-state index contributed by atoms with van der Waals surface area (Å²) in [5.74, 6) is -2.68. The maximum atomic E-state index is 12.7. The van der Waals surface area contributed by atoms with Gasteiger partial charge < -0.3 is 30.3 Å². The van der Waals surface area contributed by atoms with Crippen LogP contribution in [0, 0.1) is 11.8 Å². The minimum Gasteiger partial charge on any atom is -0.507 e. The molecule has 0 aliphatic heterocycles. The molecule has 0 heterocycles. The van der Waals surface area contributed by atoms with Gasteiger partial charge in [0.2, 0.25) is 0 Å². The van der Waals surface area contributed by atoms with Gasteiger partial charge in [0.25, 0.3) is 0 Å². The first kappa shape index (κ1) is 16.0. The van der Waals surface area contributed by atoms with Crippen molar-refractivity contribution >= 4 is 5.78 Å². The van der Waals surface area contributed by atoms with E-state index in [2.05, 4.69) is 0 Å². The minimum atomic E-state index is -1.43. The summed E-state index contributed by atoms with van der Waals surface area (Å²) in [6.45, 7) is 1.45. The number of benzene rings is 1. The number of phenolic OH excluding ortho intramolecular Hbond substituents is 2. The Kier molecular flexibility index (Phi) is 3.55. The van der Waals surface area contributed by atoms with Crippen LogP contribution in [0.15, 0.2) is 6.07 Å². The quantitative estimate of drug-likeness (QED) is 0.475. The minimum absolute atomic E-state index is 0.00257. The van der Waals surface area contributed by atoms with Gasteiger partial charge in [0.05, 0.1) is 30.5 Å². The second-order valence-electron chi connectivity index (χ2n) is 6.63. The number of aliphatic hydroxyl groups excluding tert-OH is 2. The van der Waals surface area contributed by atoms with Gasteiger partial charge in [0.15, 0.2) is 17.3 Å². The summed E-state index contributed by atoms with van der Waals surface area (Å²) in [5.41, 5.74) is -1.66. The lowest BCUT2D eigenvalue weighted by atomic mass is 9.62. The monoisotopic (exact) mass is 324 g/mol. The topological polar surface area (TPSA) is 127 Å². The third-order valence-electron chi connectivity index (χ3n) is 5.15. The molecule has 0 saturated heterocycles. The fourth-order valence-electron chi connectivity index (χ4n) is 3.81. The lowest BCUT2D eigenvalue weighted by Gasteiger charge is -2.46. The molecule has 5 N–H and O–H groups in total. The first-order valence-electron chi connectivity index (χ1n) is 7.44. The first-order valence-corrected chi connectivity index (χ1v) is 7.44. The molecule has 23 heavy (non-hydrogen) atoms. The van der Waals surface area contributed by atoms with Crippen molar-refractivity contribution in [3.8, 4) is 17.2 Å². The normalized spacial score (nSPS) is 36.3. The molecular weight excluding hydrogens is 304 g/mol. The number of carbonyl (C=O) groups is 1. The highest BCUT2D eigenvalue weighted by Crippen LogP contribution is 2.54. The molecule has 0 unspecified atom stereocenters. The van der Waals surface area contributed by atoms with E-state index in [1.165, 1.54) is 14.0 Å². The number of fused-ring (bicyclic) bond motifs is 2. The van der Waals surface area contributed by atoms with Crippen LogP contribution < -0.4 is 4.74 Å². The second-order valence-corrected chi connectivity index (χ2v) is 6.63. The molecule has 0 spiro atoms. The van der Waals surface area contributed by atoms with E-state index in [-0.39, 0.29) is 35.5 Å². The average Bonchev–Trinajstić information content (AvgIpc) is 2.48. The number of Topliss-reactive ketones (excluding diaryl/α,β-unsaturated/α-hetero) is 1. The lowest BCUT2D eigenvalue weighted by Crippen LogP contribution is -2.52. The molecule has 3 rings (SSSR count). The standard InChI is InChI=1S/C16H20O7/c1-16(22)5-7-6(3-10(16)18)13(19)11-8(17)4-9(23-2)15(21)12(11)14(7)20/h4,6-7,10,14,17-18,20-22H,3,5H2,1-2H3/t6-,7+,10+,14+,16-/m0/s1. The summed E-state index contributed by atoms with van der Waals surface area (Å²) in [4.78, 5) is 12.7. The van der Waals surface area contributed by atoms with E-state index in [0.29, 0.717) is 0 Å². The van der Waals surface area contributed by atoms with Crippen LogP contribution >= 0.6 is 0 Å². The van der Waals surface area contributed by atoms with Crippen molar-refractivity contribution in [1.82, 2.24) is 0 Å². The molecule has 2 aliphatic rings. The fraction of sp³-hybridized carbons (Fsp3) is 0.562. The van der Waals surface area contributed by atoms with Gasteiger partial charge >= 0.3 is 0 Å². The Morgan fingerprint density at radius 2 is 1.96 bits per heavy atom. The number of aromatic hydroxyl groups is 2. The van der Waals surface area contributed by atoms with Crippen LogP contribution in [0.3, 0.4) is 0 Å². The molecule has 126 valence electrons. The Balaban J connectivity index is 2.17. The zero-order valence-electron chi connectivity index (χ0n) is 12.9. The Morgan fingerprint density at radius 1 is 1.30 bits per heavy atom. The molecule has 1 aromatic rings. The van der Waals surface area contributed by atoms with Crippen molar-refractivity contribution in [2.45, 2.75) is 37.6 Å². The van der Waals surface area contributed by atoms with Crippen LogP contribution in [0.5, 0.6) is 17.2 Å². The number of methoxy groups -OCH3 is 1. The van der Waals surface area contributed by atoms with Gasteiger partial charge in [-0.1, -0.05) is 0 Å². The smallest absolute Gasteiger partial charge is 0.170 e. The molecule has 2 aliphatic carbocycles. The van der Waals surface area contributed by atoms with E-state index >= 15 is 0 Å². The van der Waals surface area contributed by atoms with Gasteiger partial charge in [-0.3, -0.25) is 4.79 Å². The molecule has 7 nitrogen and oxygen atoms in total. The van der Waals surface area contributed by atoms with Gasteiger partial charge in [-0.05, 0) is 19.8 Å². The van der Waals surface area contributed by atoms with Gasteiger partial charge in [0.1, 0.15) is 5.75 Å². The second kappa shape index (κ2) is 5.09. The average molecular weight is 324 g/mol. The van der Waals surface area contributed by atoms with Crippen molar-refractivity contribution in [1.29, 1.82) is 0 Å². The maximum Gasteiger partial charge on any atom is 0.170 e. The molecule has 1 fully saturated rings. The van der Waals surface area contributed by atoms with Crippen molar-refractivity contribution in [3.05, 3.63) is 17.2 Å². The third kappa shape index (κ3) is 2.19. The fourth-order valence-corrected chi connectivity index (χ4v) is 3.81. The van der Waals surface area contributed by atoms with Crippen molar-refractivity contribution in [2.24, 2.45) is 11.8 Å². The number of ketones is 1. The van der Waals surface area contributed by atoms with E-state index in [1.54, 1.807) is 0 Å². The molecule has 7 heteroatoms. The Bertz CT molecular complexity index is 667. The molecule has 0 aromatic heterocycles. The summed E-state index contributed by atoms with van der Waals surface area (Å²) in [7, 11) is 1.29. The lowest BCUT2D eigenvalue weighted by molar-refractivity contribution is -0.131. The van der Waals surface area contributed by atoms with Crippen molar-refractivity contribution in [2.75, 3.05) is 7.11 Å². The van der Waals surface area contributed by atoms with Crippen LogP contribution in [0.2, 0.25) is 0 Å². The summed E-state index contributed by atoms with van der Waals surface area (Å²) in [5, 5.41) is 51.3. The summed E-state index contributed by atoms with van der Waals surface area (Å²) < 4.78 is 4.95. The maximum absolute atomic E-state index is 12.7. The Labute approximate surface area is 132 Å². The zero-order chi connectivity index (χ0) is 17.1. The van der Waals surface area contributed by atoms with Crippen LogP contribution in [0.25, 0.3) is 0 Å². The Morgan fingerprint density at radius 3 is 2.57 bits per heavy atom. The largest absolute Gasteiger partial charge is 0.507 e. The molecule has 1 saturated carbocycles. The molecule has 1 aromatic carbocycles. The van der Waals surface area contributed by atoms with E-state index in [4.69, 9.17) is 4.74 Å². The first-order chi connectivity index (χ1) is 10.7. The molecule has 0 radical (unpaired) electrons. The van der Waals surface area contributed by atoms with E-state index < -0.39 is 41.2 Å². The van der Waals surface area contributed by atoms with E-state index in [1.807, 2.05) is 0 Å². The summed E-state index contributed by atoms with van der Waals surface area (Å²) in [6.07, 6.45) is -2.37. The van der Waals surface area contributed by atoms with Gasteiger partial charge in [-0.2, -0.15) is 0 Å². The predicted molar refractivity (Wildman–Crippen MR) is 78.5 cm³/mol. The molecule has 5 atom stereocenters. The van der Waals surface area contributed by atoms with E-state index in [9.17, 15) is 30.3 Å². The summed E-state index contributed by atoms with van der Waals surface area (Å²) >= 11 is 0. The number of phenols is 2. The van der Waals surface area contributed by atoms with Gasteiger partial charge in [0, 0.05) is 23.5 Å². The highest BCUT2D eigenvalue weighted by molar-refractivity contribution is 6.04. The van der Waals surface area contributed by atoms with Crippen LogP contribution in [-0.4, -0.2) is 50.1 Å². The van der Waals surface area contributed by atoms with Crippen LogP contribution in [0.1, 0.15) is 41.8 Å². The molecular formula is C16H20O7. The molecule has 0 bridgehead atoms. The van der Waals surface area contributed by atoms with E-state index in [0.717, 1.165) is 6.07 Å². The summed E-state index contributed by atoms with van der Waals surface area (Å²) in [6, 6.07) is 1.12. The van der Waals surface area contributed by atoms with Crippen LogP contribution in [0.4, 0.5) is 0 Å². The highest BCUT2D eigenvalue weighted by Gasteiger charge is 2.53. The van der Waals surface area contributed by atoms with Gasteiger partial charge in [-0.25, -0.2) is 0 Å². The van der Waals surface area contributed by atoms with Gasteiger partial charge in [-0.15, -0.1) is 0 Å². The number of hydrogen-bond acceptors (Lipinski definition) is 7. The predicted octanol–water partition coefficient (Wildman–Crippen LogP) is 0.474. The number of rotatable bonds is 1. The third-order valence-corrected chi connectivity index (χ3v) is 5.15. The number of aliphatic hydroxyl groups is 3. The number of carbonyl (C=O) groups excluding carboxylic acids is 1. The number of ether oxygens (including phenoxy) is 1. The van der Waals surface area contributed by atoms with Crippen molar-refractivity contribution in [3.63, 3.8) is 0 Å². The molecule has 0 amide bonds. The number of hydrogen-bond donors (Lipinski definition) is 5. The van der Waals surface area contributed by atoms with Crippen LogP contribution in [-0.2, 0) is 0 Å².